The number of hydrogen-bond donors (Lipinski definition) is 1. The van der Waals surface area contributed by atoms with Crippen LogP contribution in [0.25, 0.3) is 6.08 Å². The Morgan fingerprint density at radius 2 is 1.76 bits per heavy atom. The van der Waals surface area contributed by atoms with E-state index in [1.807, 2.05) is 67.6 Å². The Labute approximate surface area is 125 Å². The van der Waals surface area contributed by atoms with Gasteiger partial charge in [0.1, 0.15) is 5.75 Å². The van der Waals surface area contributed by atoms with E-state index in [-0.39, 0.29) is 5.91 Å². The zero-order chi connectivity index (χ0) is 15.1. The number of rotatable bonds is 5. The summed E-state index contributed by atoms with van der Waals surface area (Å²) in [4.78, 5) is 12.1. The predicted octanol–water partition coefficient (Wildman–Crippen LogP) is 3.41. The maximum absolute atomic E-state index is 12.1. The number of carbonyl (C=O) groups excluding carboxylic acids is 1. The average Bonchev–Trinajstić information content (AvgIpc) is 2.53. The van der Waals surface area contributed by atoms with Crippen LogP contribution in [0, 0.1) is 0 Å². The van der Waals surface area contributed by atoms with E-state index in [2.05, 4.69) is 5.32 Å². The molecule has 0 aromatic heterocycles. The summed E-state index contributed by atoms with van der Waals surface area (Å²) in [5, 5.41) is 2.91. The normalized spacial score (nSPS) is 11.0. The summed E-state index contributed by atoms with van der Waals surface area (Å²) >= 11 is 0. The molecule has 0 unspecified atom stereocenters. The lowest BCUT2D eigenvalue weighted by atomic mass is 10.1. The lowest BCUT2D eigenvalue weighted by Gasteiger charge is -2.09. The van der Waals surface area contributed by atoms with E-state index in [0.717, 1.165) is 16.9 Å². The molecule has 0 aliphatic carbocycles. The number of amides is 1. The van der Waals surface area contributed by atoms with Gasteiger partial charge in [-0.3, -0.25) is 4.79 Å². The second kappa shape index (κ2) is 7.29. The second-order valence-electron chi connectivity index (χ2n) is 4.73. The van der Waals surface area contributed by atoms with E-state index < -0.39 is 0 Å². The highest BCUT2D eigenvalue weighted by molar-refractivity contribution is 5.97. The maximum Gasteiger partial charge on any atom is 0.247 e. The van der Waals surface area contributed by atoms with Gasteiger partial charge < -0.3 is 10.1 Å². The van der Waals surface area contributed by atoms with Gasteiger partial charge in [0.2, 0.25) is 5.91 Å². The summed E-state index contributed by atoms with van der Waals surface area (Å²) in [5.74, 6) is 0.701. The number of nitrogens with one attached hydrogen (secondary N) is 1. The smallest absolute Gasteiger partial charge is 0.247 e. The Balaban J connectivity index is 2.00. The molecule has 0 radical (unpaired) electrons. The third-order valence-corrected chi connectivity index (χ3v) is 3.17. The van der Waals surface area contributed by atoms with E-state index >= 15 is 0 Å². The Bertz CT molecular complexity index is 633. The zero-order valence-corrected chi connectivity index (χ0v) is 12.3. The molecule has 1 amide bonds. The van der Waals surface area contributed by atoms with E-state index in [0.29, 0.717) is 12.1 Å². The van der Waals surface area contributed by atoms with Crippen LogP contribution in [0.1, 0.15) is 18.1 Å². The van der Waals surface area contributed by atoms with Crippen LogP contribution in [0.4, 0.5) is 0 Å². The Morgan fingerprint density at radius 3 is 2.48 bits per heavy atom. The van der Waals surface area contributed by atoms with Gasteiger partial charge in [0.05, 0.1) is 7.11 Å². The van der Waals surface area contributed by atoms with Gasteiger partial charge in [-0.2, -0.15) is 0 Å². The third kappa shape index (κ3) is 4.21. The summed E-state index contributed by atoms with van der Waals surface area (Å²) in [5.41, 5.74) is 2.65. The van der Waals surface area contributed by atoms with Crippen LogP contribution in [0.15, 0.2) is 60.2 Å². The first-order chi connectivity index (χ1) is 10.2. The highest BCUT2D eigenvalue weighted by Gasteiger charge is 2.06. The minimum absolute atomic E-state index is 0.0789. The van der Waals surface area contributed by atoms with E-state index in [1.165, 1.54) is 0 Å². The van der Waals surface area contributed by atoms with Crippen LogP contribution >= 0.6 is 0 Å². The topological polar surface area (TPSA) is 38.3 Å². The average molecular weight is 281 g/mol. The largest absolute Gasteiger partial charge is 0.496 e. The van der Waals surface area contributed by atoms with Crippen molar-refractivity contribution >= 4 is 12.0 Å². The quantitative estimate of drug-likeness (QED) is 0.853. The fourth-order valence-electron chi connectivity index (χ4n) is 2.03. The number of para-hydroxylation sites is 1. The molecule has 3 nitrogen and oxygen atoms in total. The number of benzene rings is 2. The molecule has 3 heteroatoms. The molecule has 0 atom stereocenters. The Kier molecular flexibility index (Phi) is 5.16. The molecule has 0 aliphatic rings. The highest BCUT2D eigenvalue weighted by atomic mass is 16.5. The van der Waals surface area contributed by atoms with Gasteiger partial charge in [-0.05, 0) is 24.6 Å². The number of ether oxygens (including phenoxy) is 1. The van der Waals surface area contributed by atoms with Gasteiger partial charge in [0.25, 0.3) is 0 Å². The molecule has 0 saturated carbocycles. The molecule has 0 aliphatic heterocycles. The monoisotopic (exact) mass is 281 g/mol. The first-order valence-electron chi connectivity index (χ1n) is 6.84. The molecule has 1 N–H and O–H groups in total. The van der Waals surface area contributed by atoms with Crippen LogP contribution in [-0.4, -0.2) is 13.0 Å². The molecular formula is C18H19NO2. The minimum atomic E-state index is -0.0789. The molecule has 0 bridgehead atoms. The van der Waals surface area contributed by atoms with Crippen molar-refractivity contribution in [3.8, 4) is 5.75 Å². The van der Waals surface area contributed by atoms with Gasteiger partial charge in [0.15, 0.2) is 0 Å². The molecule has 0 fully saturated rings. The summed E-state index contributed by atoms with van der Waals surface area (Å²) < 4.78 is 5.27. The summed E-state index contributed by atoms with van der Waals surface area (Å²) in [7, 11) is 1.63. The van der Waals surface area contributed by atoms with Crippen LogP contribution in [0.3, 0.4) is 0 Å². The van der Waals surface area contributed by atoms with Crippen molar-refractivity contribution in [3.05, 3.63) is 71.3 Å². The fourth-order valence-corrected chi connectivity index (χ4v) is 2.03. The van der Waals surface area contributed by atoms with Crippen molar-refractivity contribution < 1.29 is 9.53 Å². The Morgan fingerprint density at radius 1 is 1.10 bits per heavy atom. The van der Waals surface area contributed by atoms with Crippen molar-refractivity contribution in [2.45, 2.75) is 13.5 Å². The lowest BCUT2D eigenvalue weighted by Crippen LogP contribution is -2.23. The van der Waals surface area contributed by atoms with Gasteiger partial charge in [-0.25, -0.2) is 0 Å². The van der Waals surface area contributed by atoms with E-state index in [9.17, 15) is 4.79 Å². The van der Waals surface area contributed by atoms with Gasteiger partial charge in [0, 0.05) is 17.7 Å². The number of hydrogen-bond acceptors (Lipinski definition) is 2. The minimum Gasteiger partial charge on any atom is -0.496 e. The van der Waals surface area contributed by atoms with Crippen molar-refractivity contribution in [1.82, 2.24) is 5.32 Å². The van der Waals surface area contributed by atoms with Crippen LogP contribution < -0.4 is 10.1 Å². The van der Waals surface area contributed by atoms with Crippen LogP contribution in [0.2, 0.25) is 0 Å². The predicted molar refractivity (Wildman–Crippen MR) is 84.9 cm³/mol. The summed E-state index contributed by atoms with van der Waals surface area (Å²) in [6.45, 7) is 2.26. The third-order valence-electron chi connectivity index (χ3n) is 3.17. The fraction of sp³-hybridized carbons (Fsp3) is 0.167. The first-order valence-corrected chi connectivity index (χ1v) is 6.84. The van der Waals surface area contributed by atoms with Gasteiger partial charge in [-0.15, -0.1) is 0 Å². The van der Waals surface area contributed by atoms with E-state index in [1.54, 1.807) is 7.11 Å². The molecule has 2 aromatic carbocycles. The maximum atomic E-state index is 12.1. The SMILES string of the molecule is COc1ccccc1CNC(=O)/C(C)=C\c1ccccc1. The molecule has 2 rings (SSSR count). The van der Waals surface area contributed by atoms with Crippen molar-refractivity contribution in [1.29, 1.82) is 0 Å². The van der Waals surface area contributed by atoms with Crippen LogP contribution in [0.5, 0.6) is 5.75 Å². The summed E-state index contributed by atoms with van der Waals surface area (Å²) in [6.07, 6.45) is 1.87. The lowest BCUT2D eigenvalue weighted by molar-refractivity contribution is -0.117. The van der Waals surface area contributed by atoms with Gasteiger partial charge >= 0.3 is 0 Å². The van der Waals surface area contributed by atoms with Crippen LogP contribution in [-0.2, 0) is 11.3 Å². The number of carbonyl (C=O) groups is 1. The summed E-state index contributed by atoms with van der Waals surface area (Å²) in [6, 6.07) is 17.4. The molecule has 2 aromatic rings. The molecule has 0 saturated heterocycles. The van der Waals surface area contributed by atoms with Crippen molar-refractivity contribution in [2.75, 3.05) is 7.11 Å². The van der Waals surface area contributed by atoms with Crippen molar-refractivity contribution in [3.63, 3.8) is 0 Å². The molecule has 0 spiro atoms. The molecular weight excluding hydrogens is 262 g/mol. The zero-order valence-electron chi connectivity index (χ0n) is 12.3. The van der Waals surface area contributed by atoms with Gasteiger partial charge in [-0.1, -0.05) is 48.5 Å². The standard InChI is InChI=1S/C18H19NO2/c1-14(12-15-8-4-3-5-9-15)18(20)19-13-16-10-6-7-11-17(16)21-2/h3-12H,13H2,1-2H3,(H,19,20)/b14-12-. The first kappa shape index (κ1) is 14.9. The Hall–Kier alpha value is -2.55. The molecule has 108 valence electrons. The number of methoxy groups -OCH3 is 1. The molecule has 0 heterocycles. The highest BCUT2D eigenvalue weighted by Crippen LogP contribution is 2.17. The second-order valence-corrected chi connectivity index (χ2v) is 4.73. The van der Waals surface area contributed by atoms with Crippen molar-refractivity contribution in [2.24, 2.45) is 0 Å². The van der Waals surface area contributed by atoms with E-state index in [4.69, 9.17) is 4.74 Å². The molecule has 21 heavy (non-hydrogen) atoms.